The van der Waals surface area contributed by atoms with Crippen LogP contribution in [0.5, 0.6) is 34.5 Å². The van der Waals surface area contributed by atoms with Crippen molar-refractivity contribution in [2.24, 2.45) is 0 Å². The molecule has 1 atom stereocenters. The summed E-state index contributed by atoms with van der Waals surface area (Å²) in [6.45, 7) is 0. The monoisotopic (exact) mass is 542 g/mol. The molecule has 0 spiro atoms. The maximum atomic E-state index is 11.8. The van der Waals surface area contributed by atoms with E-state index >= 15 is 0 Å². The fourth-order valence-electron chi connectivity index (χ4n) is 5.31. The van der Waals surface area contributed by atoms with Gasteiger partial charge < -0.3 is 29.2 Å². The van der Waals surface area contributed by atoms with Crippen molar-refractivity contribution in [2.45, 2.75) is 38.0 Å². The van der Waals surface area contributed by atoms with Crippen LogP contribution in [-0.4, -0.2) is 38.7 Å². The van der Waals surface area contributed by atoms with Crippen LogP contribution < -0.4 is 18.9 Å². The van der Waals surface area contributed by atoms with Gasteiger partial charge in [-0.05, 0) is 61.4 Å². The van der Waals surface area contributed by atoms with Crippen LogP contribution in [0.2, 0.25) is 0 Å². The van der Waals surface area contributed by atoms with Crippen molar-refractivity contribution < 1.29 is 29.2 Å². The maximum Gasteiger partial charge on any atom is 0.160 e. The van der Waals surface area contributed by atoms with Gasteiger partial charge in [-0.25, -0.2) is 0 Å². The fraction of sp³-hybridized carbons (Fsp3) is 0.294. The molecule has 0 aliphatic rings. The Kier molecular flexibility index (Phi) is 9.79. The molecule has 0 radical (unpaired) electrons. The third-order valence-corrected chi connectivity index (χ3v) is 7.37. The Balaban J connectivity index is 1.69. The predicted molar refractivity (Wildman–Crippen MR) is 157 cm³/mol. The molecule has 0 amide bonds. The van der Waals surface area contributed by atoms with Crippen molar-refractivity contribution in [1.82, 2.24) is 0 Å². The number of para-hydroxylation sites is 1. The minimum Gasteiger partial charge on any atom is -0.508 e. The highest BCUT2D eigenvalue weighted by molar-refractivity contribution is 5.61. The zero-order chi connectivity index (χ0) is 28.5. The molecule has 6 heteroatoms. The van der Waals surface area contributed by atoms with Crippen molar-refractivity contribution in [3.05, 3.63) is 107 Å². The van der Waals surface area contributed by atoms with Crippen LogP contribution in [0.15, 0.2) is 78.9 Å². The van der Waals surface area contributed by atoms with E-state index in [-0.39, 0.29) is 17.4 Å². The van der Waals surface area contributed by atoms with Crippen molar-refractivity contribution in [2.75, 3.05) is 28.4 Å². The summed E-state index contributed by atoms with van der Waals surface area (Å²) in [5.74, 6) is 2.51. The molecule has 0 saturated heterocycles. The average Bonchev–Trinajstić information content (AvgIpc) is 2.99. The number of benzene rings is 4. The number of aromatic hydroxyl groups is 2. The molecule has 2 N–H and O–H groups in total. The maximum absolute atomic E-state index is 11.8. The molecule has 0 aliphatic heterocycles. The van der Waals surface area contributed by atoms with E-state index in [1.54, 1.807) is 40.6 Å². The molecule has 4 aromatic rings. The predicted octanol–water partition coefficient (Wildman–Crippen LogP) is 7.07. The minimum atomic E-state index is -0.299. The third-order valence-electron chi connectivity index (χ3n) is 7.37. The number of ether oxygens (including phenoxy) is 4. The van der Waals surface area contributed by atoms with E-state index in [0.29, 0.717) is 41.4 Å². The van der Waals surface area contributed by atoms with Gasteiger partial charge in [0.2, 0.25) is 0 Å². The van der Waals surface area contributed by atoms with Crippen LogP contribution in [0.1, 0.15) is 46.6 Å². The summed E-state index contributed by atoms with van der Waals surface area (Å²) in [6.07, 6.45) is 3.58. The van der Waals surface area contributed by atoms with Gasteiger partial charge in [0.25, 0.3) is 0 Å². The third kappa shape index (κ3) is 6.45. The van der Waals surface area contributed by atoms with Crippen molar-refractivity contribution in [3.8, 4) is 34.5 Å². The molecule has 0 unspecified atom stereocenters. The zero-order valence-electron chi connectivity index (χ0n) is 23.6. The van der Waals surface area contributed by atoms with Crippen LogP contribution in [0.4, 0.5) is 0 Å². The standard InChI is InChI=1S/C34H38O6/c1-37-29-20-18-24(21-31(29)39-3)13-10-15-27-30(38-2)22-32(40-4)33(34(27)36)26(25-14-8-9-16-28(25)35)19-17-23-11-6-5-7-12-23/h5-9,11-12,14,16,18,20-22,26,35-36H,10,13,15,17,19H2,1-4H3/t26-/m1/s1. The molecule has 4 rings (SSSR count). The lowest BCUT2D eigenvalue weighted by molar-refractivity contribution is 0.354. The van der Waals surface area contributed by atoms with E-state index in [4.69, 9.17) is 18.9 Å². The Morgan fingerprint density at radius 1 is 0.600 bits per heavy atom. The molecule has 210 valence electrons. The first-order valence-electron chi connectivity index (χ1n) is 13.5. The van der Waals surface area contributed by atoms with E-state index in [1.807, 2.05) is 54.6 Å². The summed E-state index contributed by atoms with van der Waals surface area (Å²) >= 11 is 0. The first-order valence-corrected chi connectivity index (χ1v) is 13.5. The second-order valence-electron chi connectivity index (χ2n) is 9.70. The number of methoxy groups -OCH3 is 4. The summed E-state index contributed by atoms with van der Waals surface area (Å²) in [5.41, 5.74) is 4.42. The van der Waals surface area contributed by atoms with Crippen LogP contribution in [0.25, 0.3) is 0 Å². The Bertz CT molecular complexity index is 1400. The molecule has 0 aromatic heterocycles. The second-order valence-corrected chi connectivity index (χ2v) is 9.70. The summed E-state index contributed by atoms with van der Waals surface area (Å²) in [7, 11) is 6.44. The van der Waals surface area contributed by atoms with E-state index in [1.165, 1.54) is 5.56 Å². The molecule has 0 saturated carbocycles. The van der Waals surface area contributed by atoms with Crippen LogP contribution in [-0.2, 0) is 19.3 Å². The van der Waals surface area contributed by atoms with Gasteiger partial charge in [-0.15, -0.1) is 0 Å². The quantitative estimate of drug-likeness (QED) is 0.188. The lowest BCUT2D eigenvalue weighted by Gasteiger charge is -2.25. The van der Waals surface area contributed by atoms with Gasteiger partial charge in [-0.3, -0.25) is 0 Å². The summed E-state index contributed by atoms with van der Waals surface area (Å²) < 4.78 is 22.3. The van der Waals surface area contributed by atoms with E-state index in [0.717, 1.165) is 36.0 Å². The number of hydrogen-bond donors (Lipinski definition) is 2. The van der Waals surface area contributed by atoms with Crippen molar-refractivity contribution >= 4 is 0 Å². The highest BCUT2D eigenvalue weighted by Crippen LogP contribution is 2.48. The molecule has 0 bridgehead atoms. The van der Waals surface area contributed by atoms with Gasteiger partial charge in [0.15, 0.2) is 11.5 Å². The van der Waals surface area contributed by atoms with Gasteiger partial charge in [0.1, 0.15) is 23.0 Å². The molecule has 0 aliphatic carbocycles. The van der Waals surface area contributed by atoms with Crippen LogP contribution in [0.3, 0.4) is 0 Å². The second kappa shape index (κ2) is 13.7. The largest absolute Gasteiger partial charge is 0.508 e. The number of phenolic OH excluding ortho intramolecular Hbond substituents is 2. The number of phenols is 2. The van der Waals surface area contributed by atoms with E-state index < -0.39 is 0 Å². The molecule has 0 fully saturated rings. The first kappa shape index (κ1) is 28.7. The molecule has 6 nitrogen and oxygen atoms in total. The summed E-state index contributed by atoms with van der Waals surface area (Å²) in [4.78, 5) is 0. The number of aryl methyl sites for hydroxylation is 2. The highest BCUT2D eigenvalue weighted by Gasteiger charge is 2.28. The fourth-order valence-corrected chi connectivity index (χ4v) is 5.31. The Morgan fingerprint density at radius 2 is 1.27 bits per heavy atom. The first-order chi connectivity index (χ1) is 19.5. The summed E-state index contributed by atoms with van der Waals surface area (Å²) in [6, 6.07) is 25.3. The lowest BCUT2D eigenvalue weighted by atomic mass is 9.83. The molecule has 0 heterocycles. The minimum absolute atomic E-state index is 0.143. The zero-order valence-corrected chi connectivity index (χ0v) is 23.6. The van der Waals surface area contributed by atoms with Gasteiger partial charge in [0.05, 0.1) is 28.4 Å². The molecule has 4 aromatic carbocycles. The van der Waals surface area contributed by atoms with Gasteiger partial charge >= 0.3 is 0 Å². The molecular weight excluding hydrogens is 504 g/mol. The normalized spacial score (nSPS) is 11.6. The smallest absolute Gasteiger partial charge is 0.160 e. The van der Waals surface area contributed by atoms with Crippen molar-refractivity contribution in [3.63, 3.8) is 0 Å². The average molecular weight is 543 g/mol. The molecular formula is C34H38O6. The Hall–Kier alpha value is -4.32. The van der Waals surface area contributed by atoms with Gasteiger partial charge in [0, 0.05) is 28.7 Å². The SMILES string of the molecule is COc1ccc(CCCc2c(OC)cc(OC)c([C@H](CCc3ccccc3)c3ccccc3O)c2O)cc1OC. The Morgan fingerprint density at radius 3 is 1.95 bits per heavy atom. The number of hydrogen-bond acceptors (Lipinski definition) is 6. The highest BCUT2D eigenvalue weighted by atomic mass is 16.5. The van der Waals surface area contributed by atoms with Crippen LogP contribution >= 0.6 is 0 Å². The van der Waals surface area contributed by atoms with Crippen LogP contribution in [0, 0.1) is 0 Å². The van der Waals surface area contributed by atoms with Crippen molar-refractivity contribution in [1.29, 1.82) is 0 Å². The summed E-state index contributed by atoms with van der Waals surface area (Å²) in [5, 5.41) is 22.6. The van der Waals surface area contributed by atoms with E-state index in [2.05, 4.69) is 12.1 Å². The van der Waals surface area contributed by atoms with Gasteiger partial charge in [-0.2, -0.15) is 0 Å². The topological polar surface area (TPSA) is 77.4 Å². The number of rotatable bonds is 13. The lowest BCUT2D eigenvalue weighted by Crippen LogP contribution is -2.09. The Labute approximate surface area is 236 Å². The molecule has 40 heavy (non-hydrogen) atoms. The van der Waals surface area contributed by atoms with E-state index in [9.17, 15) is 10.2 Å². The van der Waals surface area contributed by atoms with Gasteiger partial charge in [-0.1, -0.05) is 54.6 Å².